The van der Waals surface area contributed by atoms with Gasteiger partial charge in [0.2, 0.25) is 47.3 Å². The Kier molecular flexibility index (Phi) is 28.4. The maximum Gasteiger partial charge on any atom is 0.322 e. The SMILES string of the molecule is CC[C@H](C)[C@H](NC(=O)[C@H](CCSC)NC(=O)[C@H](CS)NC(=O)[C@H](CCCNC(=N)N)NC(=O)[C@H](Cc1ccc(O)cc1)NC(=O)[C@@H](N)C(C)C)C(=O)N[C@@H](CO)C(=O)N[C@@H](Cc1ccc(O)cc1)C(=O)NCC(=O)O. The largest absolute Gasteiger partial charge is 0.508 e. The van der Waals surface area contributed by atoms with Crippen LogP contribution in [-0.4, -0.2) is 165 Å². The Morgan fingerprint density at radius 3 is 1.55 bits per heavy atom. The molecule has 0 saturated heterocycles. The zero-order valence-electron chi connectivity index (χ0n) is 42.6. The van der Waals surface area contributed by atoms with Crippen molar-refractivity contribution in [3.63, 3.8) is 0 Å². The topological polar surface area (TPSA) is 419 Å². The molecule has 0 aliphatic heterocycles. The summed E-state index contributed by atoms with van der Waals surface area (Å²) < 4.78 is 0. The first-order valence-electron chi connectivity index (χ1n) is 24.2. The summed E-state index contributed by atoms with van der Waals surface area (Å²) in [5.74, 6) is -9.42. The number of phenolic OH excluding ortho intramolecular Hbond substituents is 2. The number of hydrogen-bond donors (Lipinski definition) is 17. The number of carbonyl (C=O) groups excluding carboxylic acids is 8. The average Bonchev–Trinajstić information content (AvgIpc) is 3.37. The molecule has 0 aromatic heterocycles. The lowest BCUT2D eigenvalue weighted by Crippen LogP contribution is -2.62. The molecule has 0 aliphatic carbocycles. The molecule has 2 aromatic carbocycles. The van der Waals surface area contributed by atoms with Gasteiger partial charge in [0.15, 0.2) is 5.96 Å². The fraction of sp³-hybridized carbons (Fsp3) is 0.542. The molecular weight excluding hydrogens is 1020 g/mol. The third kappa shape index (κ3) is 23.1. The number of thiol groups is 1. The van der Waals surface area contributed by atoms with Crippen molar-refractivity contribution in [2.24, 2.45) is 23.3 Å². The van der Waals surface area contributed by atoms with Gasteiger partial charge in [-0.25, -0.2) is 0 Å². The second kappa shape index (κ2) is 33.2. The third-order valence-corrected chi connectivity index (χ3v) is 12.7. The van der Waals surface area contributed by atoms with Gasteiger partial charge in [0.25, 0.3) is 0 Å². The molecule has 25 nitrogen and oxygen atoms in total. The molecule has 75 heavy (non-hydrogen) atoms. The lowest BCUT2D eigenvalue weighted by Gasteiger charge is -2.29. The summed E-state index contributed by atoms with van der Waals surface area (Å²) in [6.45, 7) is 5.20. The molecule has 0 bridgehead atoms. The predicted molar refractivity (Wildman–Crippen MR) is 283 cm³/mol. The molecule has 2 aromatic rings. The number of nitrogens with two attached hydrogens (primary N) is 2. The minimum Gasteiger partial charge on any atom is -0.508 e. The molecule has 0 heterocycles. The predicted octanol–water partition coefficient (Wildman–Crippen LogP) is -2.55. The third-order valence-electron chi connectivity index (χ3n) is 11.7. The quantitative estimate of drug-likeness (QED) is 0.0151. The lowest BCUT2D eigenvalue weighted by molar-refractivity contribution is -0.138. The zero-order chi connectivity index (χ0) is 56.4. The van der Waals surface area contributed by atoms with E-state index in [9.17, 15) is 58.5 Å². The van der Waals surface area contributed by atoms with Crippen LogP contribution in [0.3, 0.4) is 0 Å². The van der Waals surface area contributed by atoms with E-state index in [1.807, 2.05) is 0 Å². The second-order valence-electron chi connectivity index (χ2n) is 18.0. The molecule has 18 N–H and O–H groups in total. The van der Waals surface area contributed by atoms with Gasteiger partial charge >= 0.3 is 5.97 Å². The van der Waals surface area contributed by atoms with Gasteiger partial charge in [-0.15, -0.1) is 0 Å². The van der Waals surface area contributed by atoms with Gasteiger partial charge in [0.1, 0.15) is 60.3 Å². The Morgan fingerprint density at radius 1 is 0.627 bits per heavy atom. The number of rotatable bonds is 33. The van der Waals surface area contributed by atoms with Crippen LogP contribution in [0.5, 0.6) is 11.5 Å². The van der Waals surface area contributed by atoms with Crippen LogP contribution < -0.4 is 59.3 Å². The van der Waals surface area contributed by atoms with E-state index in [-0.39, 0.29) is 67.8 Å². The molecule has 2 rings (SSSR count). The molecule has 8 amide bonds. The van der Waals surface area contributed by atoms with Gasteiger partial charge in [0.05, 0.1) is 12.6 Å². The summed E-state index contributed by atoms with van der Waals surface area (Å²) >= 11 is 5.64. The van der Waals surface area contributed by atoms with E-state index in [1.54, 1.807) is 46.1 Å². The van der Waals surface area contributed by atoms with Crippen molar-refractivity contribution in [2.45, 2.75) is 115 Å². The van der Waals surface area contributed by atoms with Gasteiger partial charge in [-0.05, 0) is 78.5 Å². The average molecular weight is 1090 g/mol. The number of carboxylic acid groups (broad SMARTS) is 1. The summed E-state index contributed by atoms with van der Waals surface area (Å²) in [5.41, 5.74) is 12.5. The number of carbonyl (C=O) groups is 9. The van der Waals surface area contributed by atoms with Crippen LogP contribution in [0.25, 0.3) is 0 Å². The highest BCUT2D eigenvalue weighted by Crippen LogP contribution is 2.15. The van der Waals surface area contributed by atoms with Gasteiger partial charge < -0.3 is 79.7 Å². The van der Waals surface area contributed by atoms with E-state index in [4.69, 9.17) is 22.0 Å². The summed E-state index contributed by atoms with van der Waals surface area (Å²) in [6, 6.07) is 0.822. The van der Waals surface area contributed by atoms with E-state index < -0.39 is 121 Å². The number of benzene rings is 2. The Morgan fingerprint density at radius 2 is 1.07 bits per heavy atom. The number of guanidine groups is 1. The van der Waals surface area contributed by atoms with Crippen LogP contribution in [0.15, 0.2) is 48.5 Å². The van der Waals surface area contributed by atoms with Gasteiger partial charge in [-0.3, -0.25) is 48.6 Å². The summed E-state index contributed by atoms with van der Waals surface area (Å²) in [6.07, 6.45) is 2.00. The Labute approximate surface area is 445 Å². The number of nitrogens with one attached hydrogen (secondary N) is 10. The first kappa shape index (κ1) is 64.3. The van der Waals surface area contributed by atoms with Crippen LogP contribution >= 0.6 is 24.4 Å². The number of aromatic hydroxyl groups is 2. The van der Waals surface area contributed by atoms with Crippen molar-refractivity contribution in [3.8, 4) is 11.5 Å². The summed E-state index contributed by atoms with van der Waals surface area (Å²) in [7, 11) is 0. The molecular formula is C48H74N12O13S2. The number of aliphatic hydroxyl groups excluding tert-OH is 1. The van der Waals surface area contributed by atoms with Gasteiger partial charge in [-0.1, -0.05) is 58.4 Å². The van der Waals surface area contributed by atoms with Crippen molar-refractivity contribution in [3.05, 3.63) is 59.7 Å². The van der Waals surface area contributed by atoms with E-state index >= 15 is 0 Å². The second-order valence-corrected chi connectivity index (χ2v) is 19.3. The van der Waals surface area contributed by atoms with E-state index in [1.165, 1.54) is 48.2 Å². The molecule has 416 valence electrons. The normalized spacial score (nSPS) is 14.6. The van der Waals surface area contributed by atoms with Crippen molar-refractivity contribution >= 4 is 83.6 Å². The zero-order valence-corrected chi connectivity index (χ0v) is 44.4. The van der Waals surface area contributed by atoms with Crippen molar-refractivity contribution in [1.82, 2.24) is 47.9 Å². The number of aliphatic carboxylic acids is 1. The van der Waals surface area contributed by atoms with Crippen LogP contribution in [0.4, 0.5) is 0 Å². The fourth-order valence-electron chi connectivity index (χ4n) is 7.01. The smallest absolute Gasteiger partial charge is 0.322 e. The summed E-state index contributed by atoms with van der Waals surface area (Å²) in [4.78, 5) is 121. The Bertz CT molecular complexity index is 2240. The number of amides is 8. The Balaban J connectivity index is 2.34. The fourth-order valence-corrected chi connectivity index (χ4v) is 7.74. The number of carboxylic acids is 1. The van der Waals surface area contributed by atoms with Crippen LogP contribution in [-0.2, 0) is 56.0 Å². The standard InChI is InChI=1S/C48H74N12O13S2/c1-6-26(4)39(47(73)58-35(23-61)44(70)56-33(40(66)53-22-37(64)65)20-27-9-13-29(62)14-10-27)60-42(68)32(17-19-75-5)55-45(71)36(24-74)59-41(67)31(8-7-18-52-48(50)51)54-43(69)34(57-46(72)38(49)25(2)3)21-28-11-15-30(63)16-12-28/h9-16,25-26,31-36,38-39,61-63,74H,6-8,17-24,49H2,1-5H3,(H,53,66)(H,54,69)(H,55,71)(H,56,70)(H,57,72)(H,58,73)(H,59,67)(H,60,68)(H,64,65)(H4,50,51,52)/t26-,31-,32-,33-,34-,35-,36-,38-,39-/m0/s1. The molecule has 9 atom stereocenters. The highest BCUT2D eigenvalue weighted by atomic mass is 32.2. The number of phenols is 2. The van der Waals surface area contributed by atoms with Gasteiger partial charge in [0, 0.05) is 25.1 Å². The van der Waals surface area contributed by atoms with Gasteiger partial charge in [-0.2, -0.15) is 24.4 Å². The molecule has 0 aliphatic rings. The molecule has 0 saturated carbocycles. The lowest BCUT2D eigenvalue weighted by atomic mass is 9.97. The molecule has 0 spiro atoms. The van der Waals surface area contributed by atoms with E-state index in [0.717, 1.165) is 0 Å². The van der Waals surface area contributed by atoms with E-state index in [2.05, 4.69) is 60.5 Å². The Hall–Kier alpha value is -6.84. The number of aliphatic hydroxyl groups is 1. The molecule has 0 unspecified atom stereocenters. The minimum absolute atomic E-state index is 0.0305. The molecule has 27 heteroatoms. The minimum atomic E-state index is -1.67. The maximum atomic E-state index is 14.1. The van der Waals surface area contributed by atoms with Crippen molar-refractivity contribution < 1.29 is 63.6 Å². The number of thioether (sulfide) groups is 1. The first-order chi connectivity index (χ1) is 35.4. The highest BCUT2D eigenvalue weighted by Gasteiger charge is 2.36. The summed E-state index contributed by atoms with van der Waals surface area (Å²) in [5, 5.41) is 69.1. The monoisotopic (exact) mass is 1090 g/mol. The van der Waals surface area contributed by atoms with Crippen LogP contribution in [0, 0.1) is 17.2 Å². The van der Waals surface area contributed by atoms with Crippen LogP contribution in [0.2, 0.25) is 0 Å². The van der Waals surface area contributed by atoms with Crippen molar-refractivity contribution in [1.29, 1.82) is 5.41 Å². The highest BCUT2D eigenvalue weighted by molar-refractivity contribution is 7.98. The maximum absolute atomic E-state index is 14.1. The molecule has 0 fully saturated rings. The first-order valence-corrected chi connectivity index (χ1v) is 26.2. The van der Waals surface area contributed by atoms with Crippen LogP contribution in [0.1, 0.15) is 64.5 Å². The van der Waals surface area contributed by atoms with E-state index in [0.29, 0.717) is 23.3 Å². The molecule has 0 radical (unpaired) electrons. The van der Waals surface area contributed by atoms with Crippen molar-refractivity contribution in [2.75, 3.05) is 37.5 Å². The number of hydrogen-bond acceptors (Lipinski definition) is 16.